The van der Waals surface area contributed by atoms with Gasteiger partial charge in [-0.15, -0.1) is 0 Å². The molecule has 0 bridgehead atoms. The molecule has 0 rings (SSSR count). The third-order valence-electron chi connectivity index (χ3n) is 5.86. The van der Waals surface area contributed by atoms with Crippen LogP contribution in [0, 0.1) is 22.7 Å². The fourth-order valence-electron chi connectivity index (χ4n) is 3.26. The second kappa shape index (κ2) is 9.35. The molecule has 2 amide bonds. The molecule has 0 heterocycles. The molecule has 30 heavy (non-hydrogen) atoms. The van der Waals surface area contributed by atoms with E-state index in [1.807, 2.05) is 20.8 Å². The van der Waals surface area contributed by atoms with Crippen molar-refractivity contribution < 1.29 is 29.4 Å². The van der Waals surface area contributed by atoms with Gasteiger partial charge in [0, 0.05) is 22.9 Å². The molecule has 2 atom stereocenters. The predicted molar refractivity (Wildman–Crippen MR) is 115 cm³/mol. The standard InChI is InChI=1S/C22H40N2O6/c1-19(2,3)13(12-16(26)27)17(28)24-22(9,10)21(7,8)14(18(29)30)11-15(25)23-20(4,5)6/h13-14H,11-12H2,1-10H3,(H,23,25)(H,24,28)(H,26,27)(H,29,30). The van der Waals surface area contributed by atoms with Gasteiger partial charge in [0.05, 0.1) is 18.3 Å². The maximum absolute atomic E-state index is 13.0. The van der Waals surface area contributed by atoms with E-state index in [1.54, 1.807) is 48.5 Å². The number of nitrogens with one attached hydrogen (secondary N) is 2. The highest BCUT2D eigenvalue weighted by molar-refractivity contribution is 5.85. The smallest absolute Gasteiger partial charge is 0.307 e. The molecule has 0 saturated heterocycles. The van der Waals surface area contributed by atoms with Gasteiger partial charge in [-0.25, -0.2) is 0 Å². The molecule has 0 aromatic carbocycles. The summed E-state index contributed by atoms with van der Waals surface area (Å²) in [6.45, 7) is 17.6. The second-order valence-electron chi connectivity index (χ2n) is 11.2. The fourth-order valence-corrected chi connectivity index (χ4v) is 3.26. The highest BCUT2D eigenvalue weighted by Crippen LogP contribution is 2.41. The summed E-state index contributed by atoms with van der Waals surface area (Å²) in [7, 11) is 0. The van der Waals surface area contributed by atoms with Crippen molar-refractivity contribution in [1.29, 1.82) is 0 Å². The highest BCUT2D eigenvalue weighted by Gasteiger charge is 2.49. The summed E-state index contributed by atoms with van der Waals surface area (Å²) < 4.78 is 0. The van der Waals surface area contributed by atoms with E-state index in [-0.39, 0.29) is 18.7 Å². The van der Waals surface area contributed by atoms with Crippen molar-refractivity contribution in [1.82, 2.24) is 10.6 Å². The third-order valence-corrected chi connectivity index (χ3v) is 5.86. The number of hydrogen-bond donors (Lipinski definition) is 4. The summed E-state index contributed by atoms with van der Waals surface area (Å²) in [5.74, 6) is -4.91. The van der Waals surface area contributed by atoms with E-state index < -0.39 is 51.6 Å². The Morgan fingerprint density at radius 3 is 1.53 bits per heavy atom. The van der Waals surface area contributed by atoms with Crippen LogP contribution in [-0.2, 0) is 19.2 Å². The molecule has 4 N–H and O–H groups in total. The SMILES string of the molecule is CC(C)(C)NC(=O)CC(C(=O)O)C(C)(C)C(C)(C)NC(=O)C(CC(=O)O)C(C)(C)C. The topological polar surface area (TPSA) is 133 Å². The monoisotopic (exact) mass is 428 g/mol. The molecule has 0 aromatic heterocycles. The van der Waals surface area contributed by atoms with Crippen LogP contribution in [-0.4, -0.2) is 45.0 Å². The average molecular weight is 429 g/mol. The Morgan fingerprint density at radius 2 is 1.20 bits per heavy atom. The number of carboxylic acids is 2. The maximum atomic E-state index is 13.0. The molecular weight excluding hydrogens is 388 g/mol. The number of rotatable bonds is 9. The lowest BCUT2D eigenvalue weighted by Gasteiger charge is -2.47. The summed E-state index contributed by atoms with van der Waals surface area (Å²) >= 11 is 0. The van der Waals surface area contributed by atoms with Gasteiger partial charge in [0.25, 0.3) is 0 Å². The van der Waals surface area contributed by atoms with Crippen LogP contribution in [0.3, 0.4) is 0 Å². The second-order valence-corrected chi connectivity index (χ2v) is 11.2. The summed E-state index contributed by atoms with van der Waals surface area (Å²) in [5, 5.41) is 24.7. The van der Waals surface area contributed by atoms with Crippen LogP contribution in [0.5, 0.6) is 0 Å². The number of carbonyl (C=O) groups is 4. The van der Waals surface area contributed by atoms with Crippen LogP contribution in [0.4, 0.5) is 0 Å². The van der Waals surface area contributed by atoms with E-state index >= 15 is 0 Å². The van der Waals surface area contributed by atoms with Gasteiger partial charge in [-0.3, -0.25) is 19.2 Å². The molecule has 0 saturated carbocycles. The Kier molecular flexibility index (Phi) is 8.69. The lowest BCUT2D eigenvalue weighted by Crippen LogP contribution is -2.60. The maximum Gasteiger partial charge on any atom is 0.307 e. The minimum atomic E-state index is -1.13. The molecular formula is C22H40N2O6. The van der Waals surface area contributed by atoms with E-state index in [4.69, 9.17) is 0 Å². The molecule has 0 aliphatic carbocycles. The van der Waals surface area contributed by atoms with Crippen LogP contribution in [0.2, 0.25) is 0 Å². The molecule has 0 aromatic rings. The van der Waals surface area contributed by atoms with Crippen LogP contribution in [0.1, 0.15) is 82.1 Å². The Morgan fingerprint density at radius 1 is 0.733 bits per heavy atom. The molecule has 0 radical (unpaired) electrons. The van der Waals surface area contributed by atoms with Gasteiger partial charge in [0.15, 0.2) is 0 Å². The number of hydrogen-bond acceptors (Lipinski definition) is 4. The number of carbonyl (C=O) groups excluding carboxylic acids is 2. The largest absolute Gasteiger partial charge is 0.481 e. The Bertz CT molecular complexity index is 668. The van der Waals surface area contributed by atoms with E-state index in [2.05, 4.69) is 10.6 Å². The van der Waals surface area contributed by atoms with Crippen LogP contribution < -0.4 is 10.6 Å². The van der Waals surface area contributed by atoms with E-state index in [0.717, 1.165) is 0 Å². The van der Waals surface area contributed by atoms with Crippen LogP contribution in [0.15, 0.2) is 0 Å². The van der Waals surface area contributed by atoms with Gasteiger partial charge in [0.2, 0.25) is 11.8 Å². The van der Waals surface area contributed by atoms with Gasteiger partial charge >= 0.3 is 11.9 Å². The number of carboxylic acid groups (broad SMARTS) is 2. The zero-order valence-electron chi connectivity index (χ0n) is 20.1. The Balaban J connectivity index is 5.77. The zero-order valence-corrected chi connectivity index (χ0v) is 20.1. The molecule has 0 fully saturated rings. The first-order chi connectivity index (χ1) is 13.1. The van der Waals surface area contributed by atoms with Gasteiger partial charge in [-0.05, 0) is 40.0 Å². The predicted octanol–water partition coefficient (Wildman–Crippen LogP) is 3.05. The minimum Gasteiger partial charge on any atom is -0.481 e. The van der Waals surface area contributed by atoms with Crippen molar-refractivity contribution in [2.75, 3.05) is 0 Å². The van der Waals surface area contributed by atoms with Gasteiger partial charge in [-0.2, -0.15) is 0 Å². The first-order valence-electron chi connectivity index (χ1n) is 10.2. The molecule has 2 unspecified atom stereocenters. The summed E-state index contributed by atoms with van der Waals surface area (Å²) in [5.41, 5.74) is -3.14. The quantitative estimate of drug-likeness (QED) is 0.446. The number of amides is 2. The van der Waals surface area contributed by atoms with Crippen molar-refractivity contribution in [3.05, 3.63) is 0 Å². The third kappa shape index (κ3) is 7.95. The van der Waals surface area contributed by atoms with Crippen molar-refractivity contribution in [2.45, 2.75) is 93.2 Å². The van der Waals surface area contributed by atoms with E-state index in [9.17, 15) is 29.4 Å². The van der Waals surface area contributed by atoms with Crippen molar-refractivity contribution in [3.8, 4) is 0 Å². The Labute approximate surface area is 180 Å². The van der Waals surface area contributed by atoms with Crippen molar-refractivity contribution in [3.63, 3.8) is 0 Å². The van der Waals surface area contributed by atoms with Gasteiger partial charge in [-0.1, -0.05) is 34.6 Å². The molecule has 8 nitrogen and oxygen atoms in total. The Hall–Kier alpha value is -2.12. The van der Waals surface area contributed by atoms with E-state index in [1.165, 1.54) is 0 Å². The number of aliphatic carboxylic acids is 2. The normalized spacial score (nSPS) is 15.1. The zero-order chi connectivity index (χ0) is 24.3. The molecule has 0 spiro atoms. The van der Waals surface area contributed by atoms with Crippen molar-refractivity contribution >= 4 is 23.8 Å². The minimum absolute atomic E-state index is 0.239. The average Bonchev–Trinajstić information content (AvgIpc) is 2.45. The molecule has 0 aliphatic rings. The van der Waals surface area contributed by atoms with Crippen LogP contribution >= 0.6 is 0 Å². The molecule has 174 valence electrons. The molecule has 0 aliphatic heterocycles. The lowest BCUT2D eigenvalue weighted by molar-refractivity contribution is -0.153. The van der Waals surface area contributed by atoms with Gasteiger partial charge < -0.3 is 20.8 Å². The first-order valence-corrected chi connectivity index (χ1v) is 10.2. The molecule has 8 heteroatoms. The van der Waals surface area contributed by atoms with Gasteiger partial charge in [0.1, 0.15) is 0 Å². The van der Waals surface area contributed by atoms with E-state index in [0.29, 0.717) is 0 Å². The van der Waals surface area contributed by atoms with Crippen LogP contribution in [0.25, 0.3) is 0 Å². The summed E-state index contributed by atoms with van der Waals surface area (Å²) in [6.07, 6.45) is -0.571. The summed E-state index contributed by atoms with van der Waals surface area (Å²) in [6, 6.07) is 0. The lowest BCUT2D eigenvalue weighted by atomic mass is 9.64. The highest BCUT2D eigenvalue weighted by atomic mass is 16.4. The first kappa shape index (κ1) is 27.9. The van der Waals surface area contributed by atoms with Crippen molar-refractivity contribution in [2.24, 2.45) is 22.7 Å². The summed E-state index contributed by atoms with van der Waals surface area (Å²) in [4.78, 5) is 48.7. The fraction of sp³-hybridized carbons (Fsp3) is 0.818.